The minimum Gasteiger partial charge on any atom is -0.487 e. The maximum Gasteiger partial charge on any atom is 0.225 e. The molecule has 9 heteroatoms. The lowest BCUT2D eigenvalue weighted by atomic mass is 10.3. The van der Waals surface area contributed by atoms with E-state index in [-0.39, 0.29) is 30.1 Å². The summed E-state index contributed by atoms with van der Waals surface area (Å²) in [6.45, 7) is 6.08. The van der Waals surface area contributed by atoms with Gasteiger partial charge >= 0.3 is 0 Å². The Morgan fingerprint density at radius 2 is 1.86 bits per heavy atom. The summed E-state index contributed by atoms with van der Waals surface area (Å²) < 4.78 is 5.91. The van der Waals surface area contributed by atoms with E-state index in [1.54, 1.807) is 19.4 Å². The van der Waals surface area contributed by atoms with Crippen LogP contribution in [-0.2, 0) is 0 Å². The summed E-state index contributed by atoms with van der Waals surface area (Å²) in [5.74, 6) is 2.35. The molecule has 0 radical (unpaired) electrons. The van der Waals surface area contributed by atoms with E-state index in [0.29, 0.717) is 17.3 Å². The number of ether oxygens (including phenoxy) is 1. The standard InChI is InChI=1S/C19H25ClN6O.HI/c1-15(27-17-7-4-3-6-16(17)20)14-24-18(21-2)25-10-12-26(13-11-25)19-22-8-5-9-23-19;/h3-9,15H,10-14H2,1-2H3,(H,21,24);1H. The number of piperazine rings is 1. The van der Waals surface area contributed by atoms with E-state index < -0.39 is 0 Å². The van der Waals surface area contributed by atoms with Crippen LogP contribution in [0.4, 0.5) is 5.95 Å². The predicted molar refractivity (Wildman–Crippen MR) is 124 cm³/mol. The maximum absolute atomic E-state index is 6.15. The van der Waals surface area contributed by atoms with Crippen molar-refractivity contribution in [3.05, 3.63) is 47.7 Å². The minimum absolute atomic E-state index is 0. The van der Waals surface area contributed by atoms with Gasteiger partial charge in [0.05, 0.1) is 11.6 Å². The number of benzene rings is 1. The van der Waals surface area contributed by atoms with Gasteiger partial charge in [-0.05, 0) is 25.1 Å². The number of halogens is 2. The molecule has 1 aliphatic heterocycles. The highest BCUT2D eigenvalue weighted by Gasteiger charge is 2.21. The van der Waals surface area contributed by atoms with Gasteiger partial charge in [-0.3, -0.25) is 4.99 Å². The number of aromatic nitrogens is 2. The SMILES string of the molecule is CN=C(NCC(C)Oc1ccccc1Cl)N1CCN(c2ncccn2)CC1.I. The molecule has 1 unspecified atom stereocenters. The fourth-order valence-electron chi connectivity index (χ4n) is 2.94. The van der Waals surface area contributed by atoms with Gasteiger partial charge in [0.15, 0.2) is 5.96 Å². The van der Waals surface area contributed by atoms with Crippen molar-refractivity contribution in [2.45, 2.75) is 13.0 Å². The number of hydrogen-bond acceptors (Lipinski definition) is 5. The third kappa shape index (κ3) is 6.10. The molecule has 1 atom stereocenters. The Bertz CT molecular complexity index is 755. The van der Waals surface area contributed by atoms with Gasteiger partial charge < -0.3 is 19.9 Å². The lowest BCUT2D eigenvalue weighted by Gasteiger charge is -2.36. The van der Waals surface area contributed by atoms with E-state index in [1.807, 2.05) is 37.3 Å². The highest BCUT2D eigenvalue weighted by atomic mass is 127. The van der Waals surface area contributed by atoms with Gasteiger partial charge in [-0.25, -0.2) is 9.97 Å². The third-order valence-corrected chi connectivity index (χ3v) is 4.65. The number of aliphatic imine (C=N–C) groups is 1. The Balaban J connectivity index is 0.00000280. The summed E-state index contributed by atoms with van der Waals surface area (Å²) in [6, 6.07) is 9.33. The number of anilines is 1. The van der Waals surface area contributed by atoms with Gasteiger partial charge in [0.25, 0.3) is 0 Å². The first-order chi connectivity index (χ1) is 13.2. The van der Waals surface area contributed by atoms with Crippen LogP contribution >= 0.6 is 35.6 Å². The number of guanidine groups is 1. The zero-order valence-electron chi connectivity index (χ0n) is 16.1. The molecular weight excluding hydrogens is 491 g/mol. The number of hydrogen-bond donors (Lipinski definition) is 1. The van der Waals surface area contributed by atoms with Gasteiger partial charge in [0, 0.05) is 45.6 Å². The number of para-hydroxylation sites is 1. The summed E-state index contributed by atoms with van der Waals surface area (Å²) in [4.78, 5) is 17.5. The molecule has 1 fully saturated rings. The van der Waals surface area contributed by atoms with Crippen LogP contribution in [0.25, 0.3) is 0 Å². The Morgan fingerprint density at radius 3 is 2.50 bits per heavy atom. The van der Waals surface area contributed by atoms with Crippen molar-refractivity contribution in [2.75, 3.05) is 44.7 Å². The van der Waals surface area contributed by atoms with Crippen LogP contribution in [0.5, 0.6) is 5.75 Å². The molecule has 1 saturated heterocycles. The Labute approximate surface area is 188 Å². The van der Waals surface area contributed by atoms with E-state index in [4.69, 9.17) is 16.3 Å². The zero-order chi connectivity index (χ0) is 19.1. The molecule has 0 bridgehead atoms. The number of nitrogens with one attached hydrogen (secondary N) is 1. The van der Waals surface area contributed by atoms with Crippen molar-refractivity contribution in [3.8, 4) is 5.75 Å². The van der Waals surface area contributed by atoms with E-state index >= 15 is 0 Å². The molecule has 0 amide bonds. The van der Waals surface area contributed by atoms with Crippen LogP contribution in [0.15, 0.2) is 47.7 Å². The molecule has 1 aliphatic rings. The van der Waals surface area contributed by atoms with Crippen LogP contribution in [0.2, 0.25) is 5.02 Å². The zero-order valence-corrected chi connectivity index (χ0v) is 19.2. The van der Waals surface area contributed by atoms with E-state index in [2.05, 4.69) is 30.1 Å². The summed E-state index contributed by atoms with van der Waals surface area (Å²) >= 11 is 6.15. The van der Waals surface area contributed by atoms with Crippen LogP contribution in [0, 0.1) is 0 Å². The van der Waals surface area contributed by atoms with Crippen LogP contribution in [0.3, 0.4) is 0 Å². The van der Waals surface area contributed by atoms with Gasteiger partial charge in [-0.15, -0.1) is 24.0 Å². The molecule has 0 aliphatic carbocycles. The van der Waals surface area contributed by atoms with Gasteiger partial charge in [-0.1, -0.05) is 23.7 Å². The molecule has 0 spiro atoms. The quantitative estimate of drug-likeness (QED) is 0.375. The van der Waals surface area contributed by atoms with Gasteiger partial charge in [0.2, 0.25) is 5.95 Å². The third-order valence-electron chi connectivity index (χ3n) is 4.34. The molecule has 2 heterocycles. The van der Waals surface area contributed by atoms with Crippen molar-refractivity contribution < 1.29 is 4.74 Å². The molecule has 3 rings (SSSR count). The summed E-state index contributed by atoms with van der Waals surface area (Å²) in [6.07, 6.45) is 3.51. The average Bonchev–Trinajstić information content (AvgIpc) is 2.71. The van der Waals surface area contributed by atoms with Crippen LogP contribution in [0.1, 0.15) is 6.92 Å². The highest BCUT2D eigenvalue weighted by Crippen LogP contribution is 2.24. The molecule has 1 N–H and O–H groups in total. The predicted octanol–water partition coefficient (Wildman–Crippen LogP) is 2.91. The molecule has 7 nitrogen and oxygen atoms in total. The summed E-state index contributed by atoms with van der Waals surface area (Å²) in [5.41, 5.74) is 0. The average molecular weight is 517 g/mol. The first-order valence-electron chi connectivity index (χ1n) is 9.06. The summed E-state index contributed by atoms with van der Waals surface area (Å²) in [7, 11) is 1.80. The monoisotopic (exact) mass is 516 g/mol. The molecule has 2 aromatic rings. The fourth-order valence-corrected chi connectivity index (χ4v) is 3.12. The topological polar surface area (TPSA) is 65.9 Å². The molecule has 1 aromatic carbocycles. The Morgan fingerprint density at radius 1 is 1.18 bits per heavy atom. The number of nitrogens with zero attached hydrogens (tertiary/aromatic N) is 5. The number of rotatable bonds is 5. The van der Waals surface area contributed by atoms with Crippen LogP contribution in [-0.4, -0.2) is 66.7 Å². The van der Waals surface area contributed by atoms with Gasteiger partial charge in [0.1, 0.15) is 11.9 Å². The van der Waals surface area contributed by atoms with E-state index in [9.17, 15) is 0 Å². The first-order valence-corrected chi connectivity index (χ1v) is 9.44. The lowest BCUT2D eigenvalue weighted by Crippen LogP contribution is -2.53. The summed E-state index contributed by atoms with van der Waals surface area (Å²) in [5, 5.41) is 4.01. The molecule has 152 valence electrons. The second kappa shape index (κ2) is 11.3. The van der Waals surface area contributed by atoms with Crippen LogP contribution < -0.4 is 15.0 Å². The molecular formula is C19H26ClIN6O. The van der Waals surface area contributed by atoms with Crippen molar-refractivity contribution in [1.82, 2.24) is 20.2 Å². The fraction of sp³-hybridized carbons (Fsp3) is 0.421. The smallest absolute Gasteiger partial charge is 0.225 e. The van der Waals surface area contributed by atoms with Crippen molar-refractivity contribution in [1.29, 1.82) is 0 Å². The Hall–Kier alpha value is -1.81. The lowest BCUT2D eigenvalue weighted by molar-refractivity contribution is 0.221. The van der Waals surface area contributed by atoms with Crippen molar-refractivity contribution in [2.24, 2.45) is 4.99 Å². The molecule has 1 aromatic heterocycles. The molecule has 0 saturated carbocycles. The Kier molecular flexibility index (Phi) is 9.04. The minimum atomic E-state index is -0.0411. The van der Waals surface area contributed by atoms with Crippen molar-refractivity contribution in [3.63, 3.8) is 0 Å². The van der Waals surface area contributed by atoms with Gasteiger partial charge in [-0.2, -0.15) is 0 Å². The first kappa shape index (κ1) is 22.5. The normalized spacial score (nSPS) is 15.6. The van der Waals surface area contributed by atoms with Crippen molar-refractivity contribution >= 4 is 47.5 Å². The highest BCUT2D eigenvalue weighted by molar-refractivity contribution is 14.0. The van der Waals surface area contributed by atoms with E-state index in [1.165, 1.54) is 0 Å². The van der Waals surface area contributed by atoms with E-state index in [0.717, 1.165) is 38.1 Å². The largest absolute Gasteiger partial charge is 0.487 e. The second-order valence-electron chi connectivity index (χ2n) is 6.31. The maximum atomic E-state index is 6.15. The second-order valence-corrected chi connectivity index (χ2v) is 6.72. The molecule has 28 heavy (non-hydrogen) atoms.